The van der Waals surface area contributed by atoms with E-state index in [0.717, 1.165) is 0 Å². The van der Waals surface area contributed by atoms with Gasteiger partial charge >= 0.3 is 5.97 Å². The largest absolute Gasteiger partial charge is 0.463 e. The molecule has 18 heavy (non-hydrogen) atoms. The Bertz CT molecular complexity index is 456. The summed E-state index contributed by atoms with van der Waals surface area (Å²) in [5.41, 5.74) is 0. The molecule has 1 heterocycles. The molecule has 0 bridgehead atoms. The molecule has 96 valence electrons. The molecule has 0 aliphatic rings. The predicted octanol–water partition coefficient (Wildman–Crippen LogP) is 1.25. The molecule has 1 aromatic heterocycles. The lowest BCUT2D eigenvalue weighted by Gasteiger charge is -2.22. The van der Waals surface area contributed by atoms with Gasteiger partial charge in [-0.15, -0.1) is 0 Å². The highest BCUT2D eigenvalue weighted by molar-refractivity contribution is 5.85. The molecule has 1 aromatic rings. The molecule has 0 fully saturated rings. The van der Waals surface area contributed by atoms with E-state index in [9.17, 15) is 4.79 Å². The first-order valence-electron chi connectivity index (χ1n) is 5.68. The van der Waals surface area contributed by atoms with Crippen molar-refractivity contribution in [3.63, 3.8) is 0 Å². The van der Waals surface area contributed by atoms with Gasteiger partial charge in [-0.1, -0.05) is 0 Å². The summed E-state index contributed by atoms with van der Waals surface area (Å²) in [4.78, 5) is 21.2. The third kappa shape index (κ3) is 3.42. The Balaban J connectivity index is 2.93. The third-order valence-corrected chi connectivity index (χ3v) is 2.43. The van der Waals surface area contributed by atoms with Crippen LogP contribution in [0.15, 0.2) is 12.3 Å². The standard InChI is InChI=1S/C12H16N4O2/c1-4-16(8-9(2)7-13)10-5-6-14-11(15-10)12(17)18-3/h5-6,9H,4,8H2,1-3H3. The van der Waals surface area contributed by atoms with E-state index in [1.807, 2.05) is 18.7 Å². The zero-order valence-corrected chi connectivity index (χ0v) is 10.8. The summed E-state index contributed by atoms with van der Waals surface area (Å²) >= 11 is 0. The lowest BCUT2D eigenvalue weighted by atomic mass is 10.2. The molecule has 0 amide bonds. The number of rotatable bonds is 5. The van der Waals surface area contributed by atoms with Gasteiger partial charge in [-0.2, -0.15) is 5.26 Å². The zero-order chi connectivity index (χ0) is 13.5. The van der Waals surface area contributed by atoms with Gasteiger partial charge < -0.3 is 9.64 Å². The van der Waals surface area contributed by atoms with Crippen LogP contribution in [0.2, 0.25) is 0 Å². The summed E-state index contributed by atoms with van der Waals surface area (Å²) in [6.07, 6.45) is 1.51. The highest BCUT2D eigenvalue weighted by Crippen LogP contribution is 2.12. The Morgan fingerprint density at radius 3 is 2.94 bits per heavy atom. The molecular weight excluding hydrogens is 232 g/mol. The Morgan fingerprint density at radius 2 is 2.39 bits per heavy atom. The Kier molecular flexibility index (Phi) is 5.06. The molecule has 0 radical (unpaired) electrons. The predicted molar refractivity (Wildman–Crippen MR) is 66.0 cm³/mol. The second kappa shape index (κ2) is 6.55. The number of carbonyl (C=O) groups excluding carboxylic acids is 1. The molecule has 1 atom stereocenters. The van der Waals surface area contributed by atoms with E-state index in [1.165, 1.54) is 13.3 Å². The van der Waals surface area contributed by atoms with Crippen molar-refractivity contribution in [2.75, 3.05) is 25.1 Å². The van der Waals surface area contributed by atoms with E-state index < -0.39 is 5.97 Å². The summed E-state index contributed by atoms with van der Waals surface area (Å²) in [6, 6.07) is 3.88. The van der Waals surface area contributed by atoms with Crippen LogP contribution in [0.5, 0.6) is 0 Å². The Hall–Kier alpha value is -2.16. The van der Waals surface area contributed by atoms with Gasteiger partial charge in [-0.25, -0.2) is 14.8 Å². The van der Waals surface area contributed by atoms with E-state index in [-0.39, 0.29) is 11.7 Å². The number of hydrogen-bond acceptors (Lipinski definition) is 6. The summed E-state index contributed by atoms with van der Waals surface area (Å²) in [5, 5.41) is 8.82. The fourth-order valence-corrected chi connectivity index (χ4v) is 1.47. The van der Waals surface area contributed by atoms with Crippen LogP contribution in [0, 0.1) is 17.2 Å². The van der Waals surface area contributed by atoms with Gasteiger partial charge in [0.15, 0.2) is 0 Å². The second-order valence-corrected chi connectivity index (χ2v) is 3.80. The maximum absolute atomic E-state index is 11.3. The molecule has 0 aliphatic carbocycles. The Morgan fingerprint density at radius 1 is 1.67 bits per heavy atom. The molecule has 1 rings (SSSR count). The maximum Gasteiger partial charge on any atom is 0.376 e. The number of anilines is 1. The van der Waals surface area contributed by atoms with Crippen molar-refractivity contribution in [2.45, 2.75) is 13.8 Å². The van der Waals surface area contributed by atoms with Crippen LogP contribution in [0.3, 0.4) is 0 Å². The van der Waals surface area contributed by atoms with Crippen molar-refractivity contribution in [3.05, 3.63) is 18.1 Å². The van der Waals surface area contributed by atoms with Crippen LogP contribution >= 0.6 is 0 Å². The first-order valence-corrected chi connectivity index (χ1v) is 5.68. The van der Waals surface area contributed by atoms with Crippen molar-refractivity contribution in [1.29, 1.82) is 5.26 Å². The minimum Gasteiger partial charge on any atom is -0.463 e. The van der Waals surface area contributed by atoms with Crippen LogP contribution in [0.25, 0.3) is 0 Å². The van der Waals surface area contributed by atoms with Crippen LogP contribution in [0.4, 0.5) is 5.82 Å². The fraction of sp³-hybridized carbons (Fsp3) is 0.500. The van der Waals surface area contributed by atoms with Crippen molar-refractivity contribution in [2.24, 2.45) is 5.92 Å². The minimum absolute atomic E-state index is 0.0260. The highest BCUT2D eigenvalue weighted by Gasteiger charge is 2.14. The number of aromatic nitrogens is 2. The number of hydrogen-bond donors (Lipinski definition) is 0. The van der Waals surface area contributed by atoms with E-state index >= 15 is 0 Å². The molecule has 0 aliphatic heterocycles. The first-order chi connectivity index (χ1) is 8.62. The van der Waals surface area contributed by atoms with Gasteiger partial charge in [0.2, 0.25) is 5.82 Å². The molecule has 0 saturated carbocycles. The summed E-state index contributed by atoms with van der Waals surface area (Å²) in [5.74, 6) is -0.0317. The summed E-state index contributed by atoms with van der Waals surface area (Å²) in [6.45, 7) is 5.06. The first kappa shape index (κ1) is 13.9. The van der Waals surface area contributed by atoms with Crippen molar-refractivity contribution in [3.8, 4) is 6.07 Å². The number of esters is 1. The number of ether oxygens (including phenoxy) is 1. The molecule has 0 N–H and O–H groups in total. The van der Waals surface area contributed by atoms with E-state index in [1.54, 1.807) is 6.07 Å². The van der Waals surface area contributed by atoms with Crippen LogP contribution in [-0.2, 0) is 4.74 Å². The number of methoxy groups -OCH3 is 1. The van der Waals surface area contributed by atoms with Gasteiger partial charge in [-0.3, -0.25) is 0 Å². The summed E-state index contributed by atoms with van der Waals surface area (Å²) < 4.78 is 4.57. The molecular formula is C12H16N4O2. The van der Waals surface area contributed by atoms with E-state index in [2.05, 4.69) is 20.8 Å². The summed E-state index contributed by atoms with van der Waals surface area (Å²) in [7, 11) is 1.29. The maximum atomic E-state index is 11.3. The van der Waals surface area contributed by atoms with Crippen LogP contribution in [-0.4, -0.2) is 36.1 Å². The van der Waals surface area contributed by atoms with Gasteiger partial charge in [-0.05, 0) is 19.9 Å². The Labute approximate surface area is 106 Å². The van der Waals surface area contributed by atoms with E-state index in [0.29, 0.717) is 18.9 Å². The fourth-order valence-electron chi connectivity index (χ4n) is 1.47. The van der Waals surface area contributed by atoms with Crippen molar-refractivity contribution < 1.29 is 9.53 Å². The topological polar surface area (TPSA) is 79.1 Å². The van der Waals surface area contributed by atoms with Crippen molar-refractivity contribution in [1.82, 2.24) is 9.97 Å². The number of carbonyl (C=O) groups is 1. The number of nitrogens with zero attached hydrogens (tertiary/aromatic N) is 4. The zero-order valence-electron chi connectivity index (χ0n) is 10.8. The highest BCUT2D eigenvalue weighted by atomic mass is 16.5. The minimum atomic E-state index is -0.568. The van der Waals surface area contributed by atoms with E-state index in [4.69, 9.17) is 5.26 Å². The molecule has 6 nitrogen and oxygen atoms in total. The SMILES string of the molecule is CCN(CC(C)C#N)c1ccnc(C(=O)OC)n1. The quantitative estimate of drug-likeness (QED) is 0.730. The smallest absolute Gasteiger partial charge is 0.376 e. The van der Waals surface area contributed by atoms with Gasteiger partial charge in [0.25, 0.3) is 0 Å². The molecule has 0 saturated heterocycles. The molecule has 6 heteroatoms. The van der Waals surface area contributed by atoms with Gasteiger partial charge in [0, 0.05) is 19.3 Å². The third-order valence-electron chi connectivity index (χ3n) is 2.43. The van der Waals surface area contributed by atoms with Crippen molar-refractivity contribution >= 4 is 11.8 Å². The monoisotopic (exact) mass is 248 g/mol. The van der Waals surface area contributed by atoms with Crippen LogP contribution < -0.4 is 4.90 Å². The molecule has 1 unspecified atom stereocenters. The molecule has 0 aromatic carbocycles. The average molecular weight is 248 g/mol. The average Bonchev–Trinajstić information content (AvgIpc) is 2.43. The second-order valence-electron chi connectivity index (χ2n) is 3.80. The van der Waals surface area contributed by atoms with Gasteiger partial charge in [0.1, 0.15) is 5.82 Å². The normalized spacial score (nSPS) is 11.4. The lowest BCUT2D eigenvalue weighted by Crippen LogP contribution is -2.29. The number of nitriles is 1. The van der Waals surface area contributed by atoms with Gasteiger partial charge in [0.05, 0.1) is 19.1 Å². The van der Waals surface area contributed by atoms with Crippen LogP contribution in [0.1, 0.15) is 24.5 Å². The lowest BCUT2D eigenvalue weighted by molar-refractivity contribution is 0.0587. The molecule has 0 spiro atoms.